The molecule has 0 unspecified atom stereocenters. The molecule has 0 radical (unpaired) electrons. The second-order valence-electron chi connectivity index (χ2n) is 4.38. The maximum absolute atomic E-state index is 5.89. The first-order chi connectivity index (χ1) is 8.63. The fourth-order valence-electron chi connectivity index (χ4n) is 1.94. The number of anilines is 2. The zero-order valence-electron chi connectivity index (χ0n) is 11.0. The minimum absolute atomic E-state index is 0.569. The molecule has 0 saturated carbocycles. The first-order valence-electron chi connectivity index (χ1n) is 6.00. The van der Waals surface area contributed by atoms with E-state index >= 15 is 0 Å². The monoisotopic (exact) mass is 242 g/mol. The van der Waals surface area contributed by atoms with E-state index in [4.69, 9.17) is 5.73 Å². The summed E-state index contributed by atoms with van der Waals surface area (Å²) in [5.74, 6) is 0.569. The standard InChI is InChI=1S/C14H18N4/c1-4-12-13(16-9-17-14(12)15)10-5-7-11(8-6-10)18(2)3/h5-9H,4H2,1-3H3,(H2,15,16,17). The summed E-state index contributed by atoms with van der Waals surface area (Å²) in [7, 11) is 4.05. The molecule has 0 amide bonds. The summed E-state index contributed by atoms with van der Waals surface area (Å²) in [4.78, 5) is 10.5. The van der Waals surface area contributed by atoms with E-state index in [0.717, 1.165) is 23.2 Å². The largest absolute Gasteiger partial charge is 0.383 e. The van der Waals surface area contributed by atoms with Gasteiger partial charge in [-0.15, -0.1) is 0 Å². The molecule has 0 aliphatic carbocycles. The van der Waals surface area contributed by atoms with Gasteiger partial charge >= 0.3 is 0 Å². The average molecular weight is 242 g/mol. The Morgan fingerprint density at radius 2 is 1.78 bits per heavy atom. The summed E-state index contributed by atoms with van der Waals surface area (Å²) in [6.07, 6.45) is 2.35. The summed E-state index contributed by atoms with van der Waals surface area (Å²) < 4.78 is 0. The lowest BCUT2D eigenvalue weighted by Crippen LogP contribution is -2.08. The molecule has 4 heteroatoms. The SMILES string of the molecule is CCc1c(N)ncnc1-c1ccc(N(C)C)cc1. The molecule has 0 spiro atoms. The third kappa shape index (κ3) is 2.27. The Hall–Kier alpha value is -2.10. The van der Waals surface area contributed by atoms with Crippen molar-refractivity contribution in [3.63, 3.8) is 0 Å². The van der Waals surface area contributed by atoms with E-state index in [0.29, 0.717) is 5.82 Å². The highest BCUT2D eigenvalue weighted by Gasteiger charge is 2.09. The number of rotatable bonds is 3. The highest BCUT2D eigenvalue weighted by molar-refractivity contribution is 5.69. The van der Waals surface area contributed by atoms with Gasteiger partial charge in [0.25, 0.3) is 0 Å². The fraction of sp³-hybridized carbons (Fsp3) is 0.286. The van der Waals surface area contributed by atoms with Crippen LogP contribution >= 0.6 is 0 Å². The number of nitrogen functional groups attached to an aromatic ring is 1. The van der Waals surface area contributed by atoms with Gasteiger partial charge in [0.1, 0.15) is 12.1 Å². The highest BCUT2D eigenvalue weighted by atomic mass is 15.1. The molecule has 18 heavy (non-hydrogen) atoms. The lowest BCUT2D eigenvalue weighted by molar-refractivity contribution is 1.06. The molecule has 0 aliphatic rings. The number of nitrogens with zero attached hydrogens (tertiary/aromatic N) is 3. The summed E-state index contributed by atoms with van der Waals surface area (Å²) >= 11 is 0. The van der Waals surface area contributed by atoms with Crippen molar-refractivity contribution in [1.82, 2.24) is 9.97 Å². The van der Waals surface area contributed by atoms with Gasteiger partial charge < -0.3 is 10.6 Å². The van der Waals surface area contributed by atoms with Crippen molar-refractivity contribution in [3.8, 4) is 11.3 Å². The van der Waals surface area contributed by atoms with Gasteiger partial charge in [0, 0.05) is 30.9 Å². The van der Waals surface area contributed by atoms with Gasteiger partial charge in [-0.3, -0.25) is 0 Å². The lowest BCUT2D eigenvalue weighted by atomic mass is 10.0. The Morgan fingerprint density at radius 3 is 2.33 bits per heavy atom. The number of aromatic nitrogens is 2. The van der Waals surface area contributed by atoms with Crippen LogP contribution in [0.1, 0.15) is 12.5 Å². The van der Waals surface area contributed by atoms with Gasteiger partial charge in [0.05, 0.1) is 5.69 Å². The van der Waals surface area contributed by atoms with Crippen molar-refractivity contribution in [2.24, 2.45) is 0 Å². The third-order valence-corrected chi connectivity index (χ3v) is 2.99. The van der Waals surface area contributed by atoms with Gasteiger partial charge in [-0.25, -0.2) is 9.97 Å². The zero-order valence-corrected chi connectivity index (χ0v) is 11.0. The third-order valence-electron chi connectivity index (χ3n) is 2.99. The van der Waals surface area contributed by atoms with E-state index in [9.17, 15) is 0 Å². The van der Waals surface area contributed by atoms with Crippen LogP contribution in [0.3, 0.4) is 0 Å². The number of nitrogens with two attached hydrogens (primary N) is 1. The topological polar surface area (TPSA) is 55.0 Å². The van der Waals surface area contributed by atoms with Crippen LogP contribution in [0.2, 0.25) is 0 Å². The molecule has 0 atom stereocenters. The highest BCUT2D eigenvalue weighted by Crippen LogP contribution is 2.26. The first-order valence-corrected chi connectivity index (χ1v) is 6.00. The van der Waals surface area contributed by atoms with E-state index in [1.807, 2.05) is 14.1 Å². The Bertz CT molecular complexity index is 532. The van der Waals surface area contributed by atoms with Gasteiger partial charge in [-0.2, -0.15) is 0 Å². The Labute approximate surface area is 107 Å². The zero-order chi connectivity index (χ0) is 13.1. The molecule has 2 rings (SSSR count). The lowest BCUT2D eigenvalue weighted by Gasteiger charge is -2.13. The predicted octanol–water partition coefficient (Wildman–Crippen LogP) is 2.35. The number of benzene rings is 1. The molecular formula is C14H18N4. The van der Waals surface area contributed by atoms with E-state index in [2.05, 4.69) is 46.1 Å². The fourth-order valence-corrected chi connectivity index (χ4v) is 1.94. The van der Waals surface area contributed by atoms with Crippen molar-refractivity contribution in [2.75, 3.05) is 24.7 Å². The van der Waals surface area contributed by atoms with Crippen LogP contribution in [-0.2, 0) is 6.42 Å². The van der Waals surface area contributed by atoms with Crippen molar-refractivity contribution in [2.45, 2.75) is 13.3 Å². The molecule has 1 aromatic carbocycles. The van der Waals surface area contributed by atoms with Gasteiger partial charge in [-0.1, -0.05) is 19.1 Å². The quantitative estimate of drug-likeness (QED) is 0.897. The van der Waals surface area contributed by atoms with Crippen LogP contribution in [0.4, 0.5) is 11.5 Å². The average Bonchev–Trinajstić information content (AvgIpc) is 2.38. The van der Waals surface area contributed by atoms with E-state index < -0.39 is 0 Å². The maximum Gasteiger partial charge on any atom is 0.130 e. The second-order valence-corrected chi connectivity index (χ2v) is 4.38. The van der Waals surface area contributed by atoms with Crippen LogP contribution in [-0.4, -0.2) is 24.1 Å². The summed E-state index contributed by atoms with van der Waals surface area (Å²) in [5.41, 5.74) is 10.1. The minimum atomic E-state index is 0.569. The van der Waals surface area contributed by atoms with E-state index in [-0.39, 0.29) is 0 Å². The Kier molecular flexibility index (Phi) is 3.46. The van der Waals surface area contributed by atoms with Crippen LogP contribution in [0.15, 0.2) is 30.6 Å². The molecular weight excluding hydrogens is 224 g/mol. The van der Waals surface area contributed by atoms with Crippen LogP contribution in [0, 0.1) is 0 Å². The Balaban J connectivity index is 2.46. The van der Waals surface area contributed by atoms with Gasteiger partial charge in [0.15, 0.2) is 0 Å². The molecule has 0 aliphatic heterocycles. The van der Waals surface area contributed by atoms with E-state index in [1.54, 1.807) is 0 Å². The van der Waals surface area contributed by atoms with Crippen LogP contribution < -0.4 is 10.6 Å². The summed E-state index contributed by atoms with van der Waals surface area (Å²) in [6.45, 7) is 2.06. The van der Waals surface area contributed by atoms with Crippen LogP contribution in [0.25, 0.3) is 11.3 Å². The van der Waals surface area contributed by atoms with Gasteiger partial charge in [-0.05, 0) is 18.6 Å². The molecule has 2 aromatic rings. The molecule has 0 bridgehead atoms. The Morgan fingerprint density at radius 1 is 1.11 bits per heavy atom. The normalized spacial score (nSPS) is 10.4. The van der Waals surface area contributed by atoms with Crippen molar-refractivity contribution < 1.29 is 0 Å². The van der Waals surface area contributed by atoms with E-state index in [1.165, 1.54) is 12.0 Å². The molecule has 0 fully saturated rings. The number of hydrogen-bond donors (Lipinski definition) is 1. The maximum atomic E-state index is 5.89. The minimum Gasteiger partial charge on any atom is -0.383 e. The molecule has 0 saturated heterocycles. The number of hydrogen-bond acceptors (Lipinski definition) is 4. The predicted molar refractivity (Wildman–Crippen MR) is 75.6 cm³/mol. The van der Waals surface area contributed by atoms with Crippen molar-refractivity contribution in [1.29, 1.82) is 0 Å². The molecule has 1 heterocycles. The molecule has 4 nitrogen and oxygen atoms in total. The first kappa shape index (κ1) is 12.4. The molecule has 2 N–H and O–H groups in total. The summed E-state index contributed by atoms with van der Waals surface area (Å²) in [5, 5.41) is 0. The van der Waals surface area contributed by atoms with Crippen molar-refractivity contribution >= 4 is 11.5 Å². The van der Waals surface area contributed by atoms with Gasteiger partial charge in [0.2, 0.25) is 0 Å². The summed E-state index contributed by atoms with van der Waals surface area (Å²) in [6, 6.07) is 8.28. The molecule has 94 valence electrons. The van der Waals surface area contributed by atoms with Crippen LogP contribution in [0.5, 0.6) is 0 Å². The van der Waals surface area contributed by atoms with Crippen molar-refractivity contribution in [3.05, 3.63) is 36.2 Å². The molecule has 1 aromatic heterocycles. The second kappa shape index (κ2) is 5.04. The smallest absolute Gasteiger partial charge is 0.130 e.